The molecule has 0 aromatic heterocycles. The van der Waals surface area contributed by atoms with Gasteiger partial charge in [0.15, 0.2) is 0 Å². The van der Waals surface area contributed by atoms with Crippen LogP contribution in [-0.2, 0) is 14.4 Å². The van der Waals surface area contributed by atoms with Gasteiger partial charge >= 0.3 is 6.09 Å². The van der Waals surface area contributed by atoms with Crippen LogP contribution >= 0.6 is 0 Å². The average molecular weight is 256 g/mol. The molecule has 0 radical (unpaired) electrons. The first-order valence-electron chi connectivity index (χ1n) is 5.46. The van der Waals surface area contributed by atoms with Gasteiger partial charge < -0.3 is 10.1 Å². The molecule has 0 bridgehead atoms. The lowest BCUT2D eigenvalue weighted by atomic mass is 10.2. The van der Waals surface area contributed by atoms with Gasteiger partial charge in [0, 0.05) is 13.5 Å². The van der Waals surface area contributed by atoms with Crippen LogP contribution in [0, 0.1) is 12.3 Å². The quantitative estimate of drug-likeness (QED) is 0.600. The van der Waals surface area contributed by atoms with Crippen molar-refractivity contribution in [1.29, 1.82) is 0 Å². The molecular weight excluding hydrogens is 236 g/mol. The molecule has 0 aromatic carbocycles. The van der Waals surface area contributed by atoms with Crippen LogP contribution < -0.4 is 5.32 Å². The number of nitrogens with zero attached hydrogens (tertiary/aromatic N) is 1. The summed E-state index contributed by atoms with van der Waals surface area (Å²) in [6, 6.07) is -0.866. The molecule has 18 heavy (non-hydrogen) atoms. The van der Waals surface area contributed by atoms with Gasteiger partial charge in [0.2, 0.25) is 0 Å². The predicted molar refractivity (Wildman–Crippen MR) is 66.4 cm³/mol. The molecule has 0 unspecified atom stereocenters. The summed E-state index contributed by atoms with van der Waals surface area (Å²) in [5, 5.41) is 3.41. The number of terminal acetylenes is 1. The minimum atomic E-state index is -0.866. The summed E-state index contributed by atoms with van der Waals surface area (Å²) in [5.41, 5.74) is -0.638. The number of hydrogen-bond donors (Lipinski definition) is 1. The number of rotatable bonds is 4. The summed E-state index contributed by atoms with van der Waals surface area (Å²) < 4.78 is 5.05. The Morgan fingerprint density at radius 1 is 1.44 bits per heavy atom. The van der Waals surface area contributed by atoms with Crippen LogP contribution in [0.2, 0.25) is 0 Å². The second kappa shape index (κ2) is 6.87. The second-order valence-electron chi connectivity index (χ2n) is 4.63. The Bertz CT molecular complexity index is 341. The highest BCUT2D eigenvalue weighted by molar-refractivity contribution is 5.85. The lowest BCUT2D eigenvalue weighted by molar-refractivity contribution is -0.170. The molecule has 0 spiro atoms. The molecule has 0 saturated carbocycles. The highest BCUT2D eigenvalue weighted by atomic mass is 16.7. The van der Waals surface area contributed by atoms with E-state index in [4.69, 9.17) is 16.0 Å². The maximum Gasteiger partial charge on any atom is 0.408 e. The van der Waals surface area contributed by atoms with Crippen LogP contribution in [0.1, 0.15) is 27.2 Å². The van der Waals surface area contributed by atoms with Gasteiger partial charge in [-0.3, -0.25) is 9.63 Å². The molecule has 0 aliphatic rings. The highest BCUT2D eigenvalue weighted by Gasteiger charge is 2.26. The Balaban J connectivity index is 4.59. The highest BCUT2D eigenvalue weighted by Crippen LogP contribution is 2.07. The summed E-state index contributed by atoms with van der Waals surface area (Å²) >= 11 is 0. The van der Waals surface area contributed by atoms with Gasteiger partial charge in [-0.25, -0.2) is 9.86 Å². The fourth-order valence-electron chi connectivity index (χ4n) is 1.08. The molecule has 6 nitrogen and oxygen atoms in total. The molecule has 0 aliphatic heterocycles. The number of likely N-dealkylation sites (N-methyl/N-ethyl adjacent to an activating group) is 1. The average Bonchev–Trinajstić information content (AvgIpc) is 2.23. The van der Waals surface area contributed by atoms with Crippen molar-refractivity contribution in [3.63, 3.8) is 0 Å². The van der Waals surface area contributed by atoms with Crippen LogP contribution in [-0.4, -0.2) is 42.9 Å². The summed E-state index contributed by atoms with van der Waals surface area (Å²) in [5.74, 6) is 1.88. The van der Waals surface area contributed by atoms with Crippen molar-refractivity contribution in [3.8, 4) is 12.3 Å². The van der Waals surface area contributed by atoms with Crippen LogP contribution in [0.4, 0.5) is 4.79 Å². The number of hydrogen-bond acceptors (Lipinski definition) is 4. The molecule has 0 saturated heterocycles. The molecule has 6 heteroatoms. The van der Waals surface area contributed by atoms with Crippen LogP contribution in [0.25, 0.3) is 0 Å². The Morgan fingerprint density at radius 2 is 2.00 bits per heavy atom. The third kappa shape index (κ3) is 6.11. The van der Waals surface area contributed by atoms with E-state index in [2.05, 4.69) is 11.2 Å². The van der Waals surface area contributed by atoms with E-state index in [-0.39, 0.29) is 6.42 Å². The third-order valence-electron chi connectivity index (χ3n) is 1.90. The fraction of sp³-hybridized carbons (Fsp3) is 0.667. The topological polar surface area (TPSA) is 67.9 Å². The molecule has 1 N–H and O–H groups in total. The largest absolute Gasteiger partial charge is 0.444 e. The first kappa shape index (κ1) is 16.3. The zero-order chi connectivity index (χ0) is 14.3. The normalized spacial score (nSPS) is 12.2. The van der Waals surface area contributed by atoms with Crippen molar-refractivity contribution in [3.05, 3.63) is 0 Å². The molecule has 0 rings (SSSR count). The van der Waals surface area contributed by atoms with Gasteiger partial charge in [-0.05, 0) is 20.8 Å². The maximum atomic E-state index is 11.8. The summed E-state index contributed by atoms with van der Waals surface area (Å²) in [4.78, 5) is 28.1. The van der Waals surface area contributed by atoms with Crippen molar-refractivity contribution in [2.45, 2.75) is 38.8 Å². The van der Waals surface area contributed by atoms with Gasteiger partial charge in [-0.15, -0.1) is 12.3 Å². The lowest BCUT2D eigenvalue weighted by Crippen LogP contribution is -2.48. The first-order valence-corrected chi connectivity index (χ1v) is 5.46. The Hall–Kier alpha value is -1.74. The molecule has 0 aliphatic carbocycles. The monoisotopic (exact) mass is 256 g/mol. The summed E-state index contributed by atoms with van der Waals surface area (Å²) in [6.45, 7) is 5.18. The second-order valence-corrected chi connectivity index (χ2v) is 4.63. The molecule has 1 atom stereocenters. The van der Waals surface area contributed by atoms with E-state index in [0.29, 0.717) is 0 Å². The minimum absolute atomic E-state index is 0.0613. The Labute approximate surface area is 108 Å². The lowest BCUT2D eigenvalue weighted by Gasteiger charge is -2.24. The van der Waals surface area contributed by atoms with E-state index in [0.717, 1.165) is 5.06 Å². The van der Waals surface area contributed by atoms with E-state index in [1.54, 1.807) is 20.8 Å². The number of hydroxylamine groups is 2. The molecular formula is C12H20N2O4. The van der Waals surface area contributed by atoms with Crippen molar-refractivity contribution in [2.24, 2.45) is 0 Å². The van der Waals surface area contributed by atoms with E-state index in [9.17, 15) is 9.59 Å². The zero-order valence-electron chi connectivity index (χ0n) is 11.4. The minimum Gasteiger partial charge on any atom is -0.444 e. The number of carbonyl (C=O) groups is 2. The van der Waals surface area contributed by atoms with E-state index in [1.807, 2.05) is 0 Å². The first-order chi connectivity index (χ1) is 8.21. The van der Waals surface area contributed by atoms with Crippen molar-refractivity contribution in [1.82, 2.24) is 10.4 Å². The molecule has 0 fully saturated rings. The number of nitrogens with one attached hydrogen (secondary N) is 1. The van der Waals surface area contributed by atoms with Gasteiger partial charge in [0.1, 0.15) is 11.6 Å². The SMILES string of the molecule is C#CC[C@@H](NC(=O)OC(C)(C)C)C(=O)N(C)OC. The Morgan fingerprint density at radius 3 is 2.39 bits per heavy atom. The third-order valence-corrected chi connectivity index (χ3v) is 1.90. The number of alkyl carbamates (subject to hydrolysis) is 1. The standard InChI is InChI=1S/C12H20N2O4/c1-7-8-9(10(15)14(5)17-6)13-11(16)18-12(2,3)4/h1,9H,8H2,2-6H3,(H,13,16)/t9-/m1/s1. The molecule has 2 amide bonds. The molecule has 0 aromatic rings. The Kier molecular flexibility index (Phi) is 6.20. The van der Waals surface area contributed by atoms with Gasteiger partial charge in [-0.1, -0.05) is 0 Å². The van der Waals surface area contributed by atoms with Crippen LogP contribution in [0.15, 0.2) is 0 Å². The van der Waals surface area contributed by atoms with Gasteiger partial charge in [0.25, 0.3) is 5.91 Å². The smallest absolute Gasteiger partial charge is 0.408 e. The van der Waals surface area contributed by atoms with E-state index < -0.39 is 23.6 Å². The number of carbonyl (C=O) groups excluding carboxylic acids is 2. The molecule has 102 valence electrons. The van der Waals surface area contributed by atoms with Crippen LogP contribution in [0.3, 0.4) is 0 Å². The van der Waals surface area contributed by atoms with Gasteiger partial charge in [0.05, 0.1) is 7.11 Å². The summed E-state index contributed by atoms with van der Waals surface area (Å²) in [7, 11) is 2.78. The van der Waals surface area contributed by atoms with E-state index in [1.165, 1.54) is 14.2 Å². The fourth-order valence-corrected chi connectivity index (χ4v) is 1.08. The zero-order valence-corrected chi connectivity index (χ0v) is 11.4. The number of ether oxygens (including phenoxy) is 1. The number of amides is 2. The molecule has 0 heterocycles. The summed E-state index contributed by atoms with van der Waals surface area (Å²) in [6.07, 6.45) is 4.53. The maximum absolute atomic E-state index is 11.8. The van der Waals surface area contributed by atoms with Crippen LogP contribution in [0.5, 0.6) is 0 Å². The van der Waals surface area contributed by atoms with Crippen molar-refractivity contribution in [2.75, 3.05) is 14.2 Å². The van der Waals surface area contributed by atoms with Gasteiger partial charge in [-0.2, -0.15) is 0 Å². The van der Waals surface area contributed by atoms with Crippen molar-refractivity contribution < 1.29 is 19.2 Å². The van der Waals surface area contributed by atoms with E-state index >= 15 is 0 Å². The predicted octanol–water partition coefficient (Wildman–Crippen LogP) is 0.923. The van der Waals surface area contributed by atoms with Crippen molar-refractivity contribution >= 4 is 12.0 Å².